The maximum absolute atomic E-state index is 13.1. The Bertz CT molecular complexity index is 919. The van der Waals surface area contributed by atoms with Gasteiger partial charge in [0.2, 0.25) is 5.91 Å². The standard InChI is InChI=1S/C17H18N4O4S/c18-15(22)8-10-21(13-5-2-1-3-6-13)17(23)14-7-4-9-20-11-12-26(24,25)19-16(14)20/h1-7,9H,8,10-12H2,(H2,18,22). The maximum Gasteiger partial charge on any atom is 0.262 e. The maximum atomic E-state index is 13.1. The van der Waals surface area contributed by atoms with E-state index in [1.165, 1.54) is 11.0 Å². The zero-order valence-corrected chi connectivity index (χ0v) is 14.7. The third-order valence-corrected chi connectivity index (χ3v) is 5.13. The molecule has 2 heterocycles. The lowest BCUT2D eigenvalue weighted by Gasteiger charge is -2.31. The van der Waals surface area contributed by atoms with Crippen LogP contribution in [0.25, 0.3) is 0 Å². The van der Waals surface area contributed by atoms with Crippen molar-refractivity contribution in [3.8, 4) is 0 Å². The zero-order chi connectivity index (χ0) is 18.7. The van der Waals surface area contributed by atoms with E-state index in [4.69, 9.17) is 5.73 Å². The number of carbonyl (C=O) groups excluding carboxylic acids is 2. The quantitative estimate of drug-likeness (QED) is 0.801. The normalized spacial score (nSPS) is 17.8. The number of fused-ring (bicyclic) bond motifs is 1. The Labute approximate surface area is 151 Å². The predicted molar refractivity (Wildman–Crippen MR) is 97.8 cm³/mol. The Kier molecular flexibility index (Phi) is 4.90. The Morgan fingerprint density at radius 2 is 1.96 bits per heavy atom. The number of rotatable bonds is 5. The fraction of sp³-hybridized carbons (Fsp3) is 0.235. The molecule has 0 unspecified atom stereocenters. The van der Waals surface area contributed by atoms with Crippen molar-refractivity contribution in [2.24, 2.45) is 10.1 Å². The summed E-state index contributed by atoms with van der Waals surface area (Å²) < 4.78 is 27.5. The fourth-order valence-electron chi connectivity index (χ4n) is 2.71. The SMILES string of the molecule is NC(=O)CCN(C(=O)C1=CC=CN2CCS(=O)(=O)N=C12)c1ccccc1. The second-order valence-electron chi connectivity index (χ2n) is 5.82. The molecule has 1 aromatic rings. The van der Waals surface area contributed by atoms with E-state index in [0.29, 0.717) is 5.69 Å². The molecular weight excluding hydrogens is 356 g/mol. The van der Waals surface area contributed by atoms with Crippen LogP contribution in [0.2, 0.25) is 0 Å². The van der Waals surface area contributed by atoms with Crippen molar-refractivity contribution < 1.29 is 18.0 Å². The van der Waals surface area contributed by atoms with Crippen molar-refractivity contribution in [2.45, 2.75) is 6.42 Å². The van der Waals surface area contributed by atoms with Crippen LogP contribution < -0.4 is 10.6 Å². The number of nitrogens with two attached hydrogens (primary N) is 1. The fourth-order valence-corrected chi connectivity index (χ4v) is 3.69. The van der Waals surface area contributed by atoms with Crippen molar-refractivity contribution in [1.29, 1.82) is 0 Å². The van der Waals surface area contributed by atoms with E-state index in [1.54, 1.807) is 41.4 Å². The number of allylic oxidation sites excluding steroid dienone is 2. The molecule has 3 rings (SSSR count). The molecule has 0 aromatic heterocycles. The molecule has 0 bridgehead atoms. The topological polar surface area (TPSA) is 113 Å². The lowest BCUT2D eigenvalue weighted by atomic mass is 10.1. The molecule has 26 heavy (non-hydrogen) atoms. The highest BCUT2D eigenvalue weighted by Crippen LogP contribution is 2.23. The van der Waals surface area contributed by atoms with Crippen LogP contribution in [0.3, 0.4) is 0 Å². The molecule has 136 valence electrons. The first-order valence-corrected chi connectivity index (χ1v) is 9.62. The molecule has 0 saturated heterocycles. The van der Waals surface area contributed by atoms with Crippen LogP contribution >= 0.6 is 0 Å². The first kappa shape index (κ1) is 17.9. The van der Waals surface area contributed by atoms with E-state index >= 15 is 0 Å². The lowest BCUT2D eigenvalue weighted by molar-refractivity contribution is -0.118. The summed E-state index contributed by atoms with van der Waals surface area (Å²) in [6.45, 7) is 0.314. The number of benzene rings is 1. The van der Waals surface area contributed by atoms with Crippen LogP contribution in [0.1, 0.15) is 6.42 Å². The summed E-state index contributed by atoms with van der Waals surface area (Å²) in [6.07, 6.45) is 4.86. The van der Waals surface area contributed by atoms with Gasteiger partial charge in [-0.15, -0.1) is 4.40 Å². The first-order valence-electron chi connectivity index (χ1n) is 8.01. The van der Waals surface area contributed by atoms with E-state index in [-0.39, 0.29) is 36.7 Å². The number of nitrogens with zero attached hydrogens (tertiary/aromatic N) is 3. The minimum atomic E-state index is -3.61. The zero-order valence-electron chi connectivity index (χ0n) is 13.9. The van der Waals surface area contributed by atoms with Crippen molar-refractivity contribution in [3.63, 3.8) is 0 Å². The van der Waals surface area contributed by atoms with Crippen LogP contribution in [-0.4, -0.2) is 49.8 Å². The van der Waals surface area contributed by atoms with Crippen molar-refractivity contribution in [3.05, 3.63) is 54.3 Å². The molecule has 0 saturated carbocycles. The van der Waals surface area contributed by atoms with Gasteiger partial charge in [-0.05, 0) is 24.3 Å². The van der Waals surface area contributed by atoms with Gasteiger partial charge in [0, 0.05) is 31.4 Å². The molecule has 2 aliphatic heterocycles. The first-order chi connectivity index (χ1) is 12.4. The summed E-state index contributed by atoms with van der Waals surface area (Å²) in [5.74, 6) is -0.978. The van der Waals surface area contributed by atoms with E-state index in [2.05, 4.69) is 4.40 Å². The third-order valence-electron chi connectivity index (χ3n) is 3.98. The van der Waals surface area contributed by atoms with Crippen molar-refractivity contribution in [2.75, 3.05) is 23.7 Å². The Hall–Kier alpha value is -2.94. The van der Waals surface area contributed by atoms with Gasteiger partial charge in [-0.2, -0.15) is 0 Å². The van der Waals surface area contributed by atoms with Gasteiger partial charge in [-0.25, -0.2) is 8.42 Å². The van der Waals surface area contributed by atoms with Gasteiger partial charge >= 0.3 is 0 Å². The van der Waals surface area contributed by atoms with Crippen LogP contribution in [0.4, 0.5) is 5.69 Å². The number of primary amides is 1. The van der Waals surface area contributed by atoms with Crippen LogP contribution in [0.15, 0.2) is 58.7 Å². The number of anilines is 1. The molecule has 2 aliphatic rings. The van der Waals surface area contributed by atoms with Gasteiger partial charge in [0.1, 0.15) is 0 Å². The number of sulfonamides is 1. The Balaban J connectivity index is 1.98. The van der Waals surface area contributed by atoms with E-state index in [9.17, 15) is 18.0 Å². The van der Waals surface area contributed by atoms with Crippen LogP contribution in [-0.2, 0) is 19.6 Å². The highest BCUT2D eigenvalue weighted by Gasteiger charge is 2.32. The molecule has 8 nitrogen and oxygen atoms in total. The Morgan fingerprint density at radius 1 is 1.23 bits per heavy atom. The lowest BCUT2D eigenvalue weighted by Crippen LogP contribution is -2.44. The van der Waals surface area contributed by atoms with Gasteiger partial charge in [0.15, 0.2) is 5.84 Å². The number of para-hydroxylation sites is 1. The molecule has 0 fully saturated rings. The molecule has 2 N–H and O–H groups in total. The van der Waals surface area contributed by atoms with Gasteiger partial charge < -0.3 is 15.5 Å². The number of hydrogen-bond acceptors (Lipinski definition) is 5. The molecule has 0 atom stereocenters. The summed E-state index contributed by atoms with van der Waals surface area (Å²) in [4.78, 5) is 27.4. The van der Waals surface area contributed by atoms with Gasteiger partial charge in [0.25, 0.3) is 15.9 Å². The molecule has 0 spiro atoms. The number of amides is 2. The average Bonchev–Trinajstić information content (AvgIpc) is 2.61. The number of amidine groups is 1. The largest absolute Gasteiger partial charge is 0.370 e. The highest BCUT2D eigenvalue weighted by atomic mass is 32.2. The van der Waals surface area contributed by atoms with E-state index < -0.39 is 21.8 Å². The smallest absolute Gasteiger partial charge is 0.262 e. The summed E-state index contributed by atoms with van der Waals surface area (Å²) in [7, 11) is -3.61. The van der Waals surface area contributed by atoms with Crippen LogP contribution in [0.5, 0.6) is 0 Å². The minimum absolute atomic E-state index is 0.0156. The van der Waals surface area contributed by atoms with Gasteiger partial charge in [0.05, 0.1) is 11.3 Å². The summed E-state index contributed by atoms with van der Waals surface area (Å²) >= 11 is 0. The molecule has 9 heteroatoms. The van der Waals surface area contributed by atoms with E-state index in [0.717, 1.165) is 0 Å². The number of hydrogen-bond donors (Lipinski definition) is 1. The summed E-state index contributed by atoms with van der Waals surface area (Å²) in [5.41, 5.74) is 5.97. The predicted octanol–water partition coefficient (Wildman–Crippen LogP) is 0.393. The monoisotopic (exact) mass is 374 g/mol. The van der Waals surface area contributed by atoms with Crippen molar-refractivity contribution >= 4 is 33.4 Å². The second-order valence-corrected chi connectivity index (χ2v) is 7.58. The third kappa shape index (κ3) is 3.83. The van der Waals surface area contributed by atoms with E-state index in [1.807, 2.05) is 6.07 Å². The average molecular weight is 374 g/mol. The van der Waals surface area contributed by atoms with Gasteiger partial charge in [-0.3, -0.25) is 9.59 Å². The van der Waals surface area contributed by atoms with Gasteiger partial charge in [-0.1, -0.05) is 18.2 Å². The minimum Gasteiger partial charge on any atom is -0.370 e. The second kappa shape index (κ2) is 7.12. The number of carbonyl (C=O) groups is 2. The molecule has 0 aliphatic carbocycles. The summed E-state index contributed by atoms with van der Waals surface area (Å²) in [6, 6.07) is 8.81. The molecular formula is C17H18N4O4S. The Morgan fingerprint density at radius 3 is 2.65 bits per heavy atom. The molecule has 0 radical (unpaired) electrons. The summed E-state index contributed by atoms with van der Waals surface area (Å²) in [5, 5.41) is 0. The molecule has 1 aromatic carbocycles. The molecule has 2 amide bonds. The van der Waals surface area contributed by atoms with Crippen molar-refractivity contribution in [1.82, 2.24) is 4.90 Å². The highest BCUT2D eigenvalue weighted by molar-refractivity contribution is 7.90. The van der Waals surface area contributed by atoms with Crippen LogP contribution in [0, 0.1) is 0 Å².